The molecule has 2 aromatic rings. The van der Waals surface area contributed by atoms with Gasteiger partial charge in [-0.2, -0.15) is 0 Å². The Labute approximate surface area is 161 Å². The largest absolute Gasteiger partial charge is 0.409 e. The van der Waals surface area contributed by atoms with E-state index >= 15 is 0 Å². The van der Waals surface area contributed by atoms with Gasteiger partial charge in [-0.3, -0.25) is 0 Å². The van der Waals surface area contributed by atoms with Crippen molar-refractivity contribution in [3.8, 4) is 0 Å². The van der Waals surface area contributed by atoms with Crippen molar-refractivity contribution in [1.82, 2.24) is 14.5 Å². The second-order valence-corrected chi connectivity index (χ2v) is 7.19. The molecule has 1 saturated heterocycles. The van der Waals surface area contributed by atoms with Crippen molar-refractivity contribution in [2.24, 2.45) is 16.8 Å². The first kappa shape index (κ1) is 20.3. The molecular weight excluding hydrogens is 368 g/mol. The minimum Gasteiger partial charge on any atom is -0.409 e. The van der Waals surface area contributed by atoms with E-state index in [2.05, 4.69) is 34.3 Å². The predicted octanol–water partition coefficient (Wildman–Crippen LogP) is -0.405. The van der Waals surface area contributed by atoms with Crippen LogP contribution in [0.3, 0.4) is 0 Å². The molecule has 1 fully saturated rings. The van der Waals surface area contributed by atoms with Gasteiger partial charge in [0.15, 0.2) is 12.1 Å². The summed E-state index contributed by atoms with van der Waals surface area (Å²) in [5.41, 5.74) is 6.57. The maximum atomic E-state index is 10.4. The zero-order valence-electron chi connectivity index (χ0n) is 15.7. The van der Waals surface area contributed by atoms with Crippen molar-refractivity contribution >= 4 is 22.7 Å². The van der Waals surface area contributed by atoms with Gasteiger partial charge in [-0.1, -0.05) is 19.0 Å². The van der Waals surface area contributed by atoms with E-state index in [4.69, 9.17) is 10.5 Å². The summed E-state index contributed by atoms with van der Waals surface area (Å²) in [6, 6.07) is 0. The number of aromatic nitrogens is 3. The van der Waals surface area contributed by atoms with Crippen LogP contribution in [0.5, 0.6) is 0 Å². The molecule has 0 radical (unpaired) electrons. The molecule has 0 spiro atoms. The van der Waals surface area contributed by atoms with Crippen molar-refractivity contribution in [2.75, 3.05) is 18.5 Å². The molecule has 0 aliphatic carbocycles. The summed E-state index contributed by atoms with van der Waals surface area (Å²) in [7, 11) is 0. The summed E-state index contributed by atoms with van der Waals surface area (Å²) < 4.78 is 7.09. The van der Waals surface area contributed by atoms with Gasteiger partial charge in [-0.15, -0.1) is 0 Å². The smallest absolute Gasteiger partial charge is 0.172 e. The van der Waals surface area contributed by atoms with Crippen LogP contribution in [-0.2, 0) is 4.74 Å². The quantitative estimate of drug-likeness (QED) is 0.158. The minimum atomic E-state index is -1.29. The molecule has 1 aliphatic rings. The van der Waals surface area contributed by atoms with Crippen LogP contribution in [0.2, 0.25) is 0 Å². The Morgan fingerprint density at radius 2 is 2.11 bits per heavy atom. The van der Waals surface area contributed by atoms with E-state index < -0.39 is 31.1 Å². The number of ether oxygens (including phenoxy) is 1. The lowest BCUT2D eigenvalue weighted by atomic mass is 10.1. The molecule has 3 rings (SSSR count). The average Bonchev–Trinajstić information content (AvgIpc) is 3.20. The Morgan fingerprint density at radius 1 is 1.36 bits per heavy atom. The minimum absolute atomic E-state index is 0.155. The second kappa shape index (κ2) is 8.27. The van der Waals surface area contributed by atoms with Gasteiger partial charge in [0, 0.05) is 12.7 Å². The summed E-state index contributed by atoms with van der Waals surface area (Å²) in [6.45, 7) is 4.44. The van der Waals surface area contributed by atoms with Gasteiger partial charge >= 0.3 is 0 Å². The first-order valence-corrected chi connectivity index (χ1v) is 9.08. The number of nitrogens with two attached hydrogens (primary N) is 1. The van der Waals surface area contributed by atoms with E-state index in [1.807, 2.05) is 0 Å². The Bertz CT molecular complexity index is 854. The number of oxime groups is 1. The summed E-state index contributed by atoms with van der Waals surface area (Å²) in [5.74, 6) is 0.840. The van der Waals surface area contributed by atoms with Crippen LogP contribution < -0.4 is 11.1 Å². The number of hydrogen-bond acceptors (Lipinski definition) is 9. The molecule has 11 heteroatoms. The van der Waals surface area contributed by atoms with Crippen molar-refractivity contribution < 1.29 is 25.3 Å². The monoisotopic (exact) mass is 394 g/mol. The highest BCUT2D eigenvalue weighted by Gasteiger charge is 2.44. The van der Waals surface area contributed by atoms with Crippen LogP contribution >= 0.6 is 0 Å². The molecule has 3 heterocycles. The third kappa shape index (κ3) is 3.61. The molecular formula is C17H26N6O5. The topological polar surface area (TPSA) is 171 Å². The third-order valence-corrected chi connectivity index (χ3v) is 4.80. The Kier molecular flexibility index (Phi) is 5.98. The van der Waals surface area contributed by atoms with Gasteiger partial charge in [0.2, 0.25) is 0 Å². The number of anilines is 1. The van der Waals surface area contributed by atoms with Crippen LogP contribution in [0.15, 0.2) is 17.7 Å². The maximum Gasteiger partial charge on any atom is 0.172 e. The summed E-state index contributed by atoms with van der Waals surface area (Å²) in [5, 5.41) is 45.7. The van der Waals surface area contributed by atoms with Crippen LogP contribution in [0.25, 0.3) is 11.0 Å². The fourth-order valence-electron chi connectivity index (χ4n) is 3.25. The summed E-state index contributed by atoms with van der Waals surface area (Å²) in [4.78, 5) is 8.53. The Hall–Kier alpha value is -2.47. The summed E-state index contributed by atoms with van der Waals surface area (Å²) >= 11 is 0. The first-order valence-electron chi connectivity index (χ1n) is 9.08. The summed E-state index contributed by atoms with van der Waals surface area (Å²) in [6.07, 6.45) is -0.704. The molecule has 2 aromatic heterocycles. The Morgan fingerprint density at radius 3 is 2.71 bits per heavy atom. The number of aliphatic hydroxyl groups excluding tert-OH is 3. The standard InChI is InChI=1S/C17H26N6O5/c1-8(2)3-4-19-15-11-9(14(18)22-27)5-23(16(11)21-7-20-15)17-13(26)12(25)10(6-24)28-17/h5,7-8,10,12-13,17,24-27H,3-4,6H2,1-2H3,(H2,18,22)(H,19,20,21)/t10?,12?,13-,17-/m1/s1. The third-order valence-electron chi connectivity index (χ3n) is 4.80. The van der Waals surface area contributed by atoms with Gasteiger partial charge in [0.05, 0.1) is 17.6 Å². The zero-order valence-corrected chi connectivity index (χ0v) is 15.7. The van der Waals surface area contributed by atoms with Crippen molar-refractivity contribution in [3.05, 3.63) is 18.1 Å². The van der Waals surface area contributed by atoms with E-state index in [1.54, 1.807) is 0 Å². The molecule has 154 valence electrons. The highest BCUT2D eigenvalue weighted by Crippen LogP contribution is 2.35. The fraction of sp³-hybridized carbons (Fsp3) is 0.588. The van der Waals surface area contributed by atoms with Gasteiger partial charge < -0.3 is 40.9 Å². The van der Waals surface area contributed by atoms with E-state index in [0.717, 1.165) is 6.42 Å². The number of amidine groups is 1. The van der Waals surface area contributed by atoms with Gasteiger partial charge in [0.1, 0.15) is 36.1 Å². The Balaban J connectivity index is 2.07. The fourth-order valence-corrected chi connectivity index (χ4v) is 3.25. The normalized spacial score (nSPS) is 25.7. The number of hydrogen-bond donors (Lipinski definition) is 6. The molecule has 0 amide bonds. The number of nitrogens with zero attached hydrogens (tertiary/aromatic N) is 4. The molecule has 28 heavy (non-hydrogen) atoms. The second-order valence-electron chi connectivity index (χ2n) is 7.19. The SMILES string of the molecule is CC(C)CCNc1ncnc2c1c(C(N)=NO)cn2[C@@H]1OC(CO)C(O)[C@H]1O. The van der Waals surface area contributed by atoms with Gasteiger partial charge in [0.25, 0.3) is 0 Å². The van der Waals surface area contributed by atoms with Gasteiger partial charge in [-0.25, -0.2) is 9.97 Å². The highest BCUT2D eigenvalue weighted by atomic mass is 16.6. The number of fused-ring (bicyclic) bond motifs is 1. The number of aliphatic hydroxyl groups is 3. The average molecular weight is 394 g/mol. The van der Waals surface area contributed by atoms with Crippen molar-refractivity contribution in [1.29, 1.82) is 0 Å². The van der Waals surface area contributed by atoms with E-state index in [0.29, 0.717) is 34.9 Å². The number of nitrogens with one attached hydrogen (secondary N) is 1. The molecule has 0 bridgehead atoms. The predicted molar refractivity (Wildman–Crippen MR) is 101 cm³/mol. The number of rotatable bonds is 7. The molecule has 11 nitrogen and oxygen atoms in total. The lowest BCUT2D eigenvalue weighted by Crippen LogP contribution is -2.33. The van der Waals surface area contributed by atoms with Gasteiger partial charge in [-0.05, 0) is 12.3 Å². The van der Waals surface area contributed by atoms with Crippen LogP contribution in [0.1, 0.15) is 32.1 Å². The zero-order chi connectivity index (χ0) is 20.4. The molecule has 2 unspecified atom stereocenters. The van der Waals surface area contributed by atoms with E-state index in [-0.39, 0.29) is 5.84 Å². The van der Waals surface area contributed by atoms with E-state index in [9.17, 15) is 20.5 Å². The molecule has 7 N–H and O–H groups in total. The molecule has 4 atom stereocenters. The van der Waals surface area contributed by atoms with Crippen LogP contribution in [0, 0.1) is 5.92 Å². The first-order chi connectivity index (χ1) is 13.4. The van der Waals surface area contributed by atoms with Crippen molar-refractivity contribution in [3.63, 3.8) is 0 Å². The molecule has 1 aliphatic heterocycles. The molecule has 0 aromatic carbocycles. The highest BCUT2D eigenvalue weighted by molar-refractivity contribution is 6.11. The van der Waals surface area contributed by atoms with E-state index in [1.165, 1.54) is 17.1 Å². The van der Waals surface area contributed by atoms with Crippen LogP contribution in [0.4, 0.5) is 5.82 Å². The van der Waals surface area contributed by atoms with Crippen LogP contribution in [-0.4, -0.2) is 72.4 Å². The van der Waals surface area contributed by atoms with Crippen molar-refractivity contribution in [2.45, 2.75) is 44.8 Å². The lowest BCUT2D eigenvalue weighted by molar-refractivity contribution is -0.0508. The maximum absolute atomic E-state index is 10.4. The lowest BCUT2D eigenvalue weighted by Gasteiger charge is -2.17. The molecule has 0 saturated carbocycles.